The summed E-state index contributed by atoms with van der Waals surface area (Å²) >= 11 is 0. The van der Waals surface area contributed by atoms with Gasteiger partial charge >= 0.3 is 0 Å². The minimum Gasteiger partial charge on any atom is -0.497 e. The number of guanidine groups is 1. The first-order valence-electron chi connectivity index (χ1n) is 9.58. The van der Waals surface area contributed by atoms with Crippen LogP contribution in [0.1, 0.15) is 12.5 Å². The van der Waals surface area contributed by atoms with E-state index in [0.717, 1.165) is 17.1 Å². The minimum atomic E-state index is -0.0775. The average molecular weight is 545 g/mol. The fourth-order valence-electron chi connectivity index (χ4n) is 2.82. The lowest BCUT2D eigenvalue weighted by molar-refractivity contribution is 0.223. The van der Waals surface area contributed by atoms with Gasteiger partial charge in [0.25, 0.3) is 0 Å². The highest BCUT2D eigenvalue weighted by Gasteiger charge is 2.13. The van der Waals surface area contributed by atoms with Crippen LogP contribution in [0.15, 0.2) is 41.4 Å². The van der Waals surface area contributed by atoms with Gasteiger partial charge in [0.1, 0.15) is 23.4 Å². The van der Waals surface area contributed by atoms with Crippen molar-refractivity contribution in [2.75, 3.05) is 42.0 Å². The number of hydrogen-bond donors (Lipinski definition) is 2. The zero-order valence-corrected chi connectivity index (χ0v) is 21.2. The standard InChI is InChI=1S/C22H31N3O5.HI/c1-15(30-18-9-7-8-17(11-18)26-3)13-24-22(23-2)25-14-16-10-20(28-5)21(29-6)12-19(16)27-4;/h7-12,15H,13-14H2,1-6H3,(H2,23,24,25);1H. The van der Waals surface area contributed by atoms with Crippen LogP contribution in [0.25, 0.3) is 0 Å². The molecule has 0 saturated heterocycles. The summed E-state index contributed by atoms with van der Waals surface area (Å²) in [6, 6.07) is 11.2. The zero-order chi connectivity index (χ0) is 21.9. The van der Waals surface area contributed by atoms with Gasteiger partial charge in [-0.25, -0.2) is 0 Å². The third-order valence-corrected chi connectivity index (χ3v) is 4.39. The number of nitrogens with zero attached hydrogens (tertiary/aromatic N) is 1. The maximum absolute atomic E-state index is 5.93. The normalized spacial score (nSPS) is 11.6. The van der Waals surface area contributed by atoms with Gasteiger partial charge in [-0.1, -0.05) is 6.07 Å². The zero-order valence-electron chi connectivity index (χ0n) is 18.9. The highest BCUT2D eigenvalue weighted by atomic mass is 127. The maximum atomic E-state index is 5.93. The highest BCUT2D eigenvalue weighted by molar-refractivity contribution is 14.0. The van der Waals surface area contributed by atoms with Crippen molar-refractivity contribution in [3.8, 4) is 28.7 Å². The largest absolute Gasteiger partial charge is 0.497 e. The Hall–Kier alpha value is -2.56. The van der Waals surface area contributed by atoms with Gasteiger partial charge < -0.3 is 34.3 Å². The van der Waals surface area contributed by atoms with Crippen molar-refractivity contribution in [3.63, 3.8) is 0 Å². The number of hydrogen-bond acceptors (Lipinski definition) is 6. The van der Waals surface area contributed by atoms with E-state index in [1.54, 1.807) is 41.6 Å². The Morgan fingerprint density at radius 1 is 0.871 bits per heavy atom. The summed E-state index contributed by atoms with van der Waals surface area (Å²) in [5.41, 5.74) is 0.916. The van der Waals surface area contributed by atoms with Crippen molar-refractivity contribution in [1.29, 1.82) is 0 Å². The van der Waals surface area contributed by atoms with Crippen LogP contribution in [-0.2, 0) is 6.54 Å². The molecule has 0 aliphatic carbocycles. The van der Waals surface area contributed by atoms with E-state index in [2.05, 4.69) is 15.6 Å². The van der Waals surface area contributed by atoms with E-state index in [-0.39, 0.29) is 30.1 Å². The first-order valence-corrected chi connectivity index (χ1v) is 9.58. The molecule has 2 rings (SSSR count). The Morgan fingerprint density at radius 3 is 2.13 bits per heavy atom. The van der Waals surface area contributed by atoms with E-state index in [4.69, 9.17) is 23.7 Å². The molecule has 0 saturated carbocycles. The van der Waals surface area contributed by atoms with E-state index in [1.165, 1.54) is 0 Å². The van der Waals surface area contributed by atoms with Crippen LogP contribution in [0.4, 0.5) is 0 Å². The molecule has 0 heterocycles. The first kappa shape index (κ1) is 26.5. The number of benzene rings is 2. The minimum absolute atomic E-state index is 0. The van der Waals surface area contributed by atoms with Crippen molar-refractivity contribution in [2.45, 2.75) is 19.6 Å². The van der Waals surface area contributed by atoms with E-state index in [9.17, 15) is 0 Å². The molecule has 172 valence electrons. The summed E-state index contributed by atoms with van der Waals surface area (Å²) < 4.78 is 27.3. The molecule has 2 N–H and O–H groups in total. The molecule has 8 nitrogen and oxygen atoms in total. The predicted octanol–water partition coefficient (Wildman–Crippen LogP) is 3.47. The van der Waals surface area contributed by atoms with Crippen molar-refractivity contribution < 1.29 is 23.7 Å². The van der Waals surface area contributed by atoms with Crippen LogP contribution in [0.3, 0.4) is 0 Å². The highest BCUT2D eigenvalue weighted by Crippen LogP contribution is 2.34. The second-order valence-corrected chi connectivity index (χ2v) is 6.43. The Labute approximate surface area is 201 Å². The van der Waals surface area contributed by atoms with Gasteiger partial charge in [-0.3, -0.25) is 4.99 Å². The SMILES string of the molecule is CN=C(NCc1cc(OC)c(OC)cc1OC)NCC(C)Oc1cccc(OC)c1.I. The van der Waals surface area contributed by atoms with Gasteiger partial charge in [0, 0.05) is 31.3 Å². The number of ether oxygens (including phenoxy) is 5. The molecule has 0 fully saturated rings. The molecule has 0 amide bonds. The van der Waals surface area contributed by atoms with Crippen LogP contribution in [0, 0.1) is 0 Å². The molecular weight excluding hydrogens is 513 g/mol. The third kappa shape index (κ3) is 7.89. The number of halogens is 1. The van der Waals surface area contributed by atoms with Crippen LogP contribution in [-0.4, -0.2) is 54.1 Å². The van der Waals surface area contributed by atoms with Crippen molar-refractivity contribution >= 4 is 29.9 Å². The van der Waals surface area contributed by atoms with E-state index in [0.29, 0.717) is 36.3 Å². The van der Waals surface area contributed by atoms with Crippen molar-refractivity contribution in [1.82, 2.24) is 10.6 Å². The lowest BCUT2D eigenvalue weighted by atomic mass is 10.1. The number of rotatable bonds is 10. The molecule has 2 aromatic rings. The monoisotopic (exact) mass is 545 g/mol. The smallest absolute Gasteiger partial charge is 0.191 e. The summed E-state index contributed by atoms with van der Waals surface area (Å²) in [5.74, 6) is 4.11. The van der Waals surface area contributed by atoms with Gasteiger partial charge in [0.2, 0.25) is 0 Å². The second kappa shape index (κ2) is 13.7. The third-order valence-electron chi connectivity index (χ3n) is 4.39. The van der Waals surface area contributed by atoms with Gasteiger partial charge in [-0.2, -0.15) is 0 Å². The Kier molecular flexibility index (Phi) is 11.7. The molecule has 9 heteroatoms. The van der Waals surface area contributed by atoms with Crippen LogP contribution < -0.4 is 34.3 Å². The number of methoxy groups -OCH3 is 4. The average Bonchev–Trinajstić information content (AvgIpc) is 2.78. The van der Waals surface area contributed by atoms with E-state index >= 15 is 0 Å². The molecule has 0 bridgehead atoms. The molecule has 0 spiro atoms. The number of aliphatic imine (C=N–C) groups is 1. The molecule has 0 radical (unpaired) electrons. The van der Waals surface area contributed by atoms with Gasteiger partial charge in [-0.15, -0.1) is 24.0 Å². The Bertz CT molecular complexity index is 848. The predicted molar refractivity (Wildman–Crippen MR) is 133 cm³/mol. The molecule has 31 heavy (non-hydrogen) atoms. The summed E-state index contributed by atoms with van der Waals surface area (Å²) in [7, 11) is 8.17. The fourth-order valence-corrected chi connectivity index (χ4v) is 2.82. The van der Waals surface area contributed by atoms with Crippen LogP contribution >= 0.6 is 24.0 Å². The molecule has 0 aromatic heterocycles. The van der Waals surface area contributed by atoms with E-state index in [1.807, 2.05) is 37.3 Å². The van der Waals surface area contributed by atoms with Gasteiger partial charge in [0.15, 0.2) is 17.5 Å². The summed E-state index contributed by atoms with van der Waals surface area (Å²) in [6.07, 6.45) is -0.0775. The van der Waals surface area contributed by atoms with E-state index < -0.39 is 0 Å². The quantitative estimate of drug-likeness (QED) is 0.269. The number of nitrogens with one attached hydrogen (secondary N) is 2. The molecular formula is C22H32IN3O5. The topological polar surface area (TPSA) is 82.6 Å². The van der Waals surface area contributed by atoms with Crippen LogP contribution in [0.2, 0.25) is 0 Å². The molecule has 1 unspecified atom stereocenters. The lowest BCUT2D eigenvalue weighted by Gasteiger charge is -2.19. The fraction of sp³-hybridized carbons (Fsp3) is 0.409. The van der Waals surface area contributed by atoms with Crippen molar-refractivity contribution in [2.24, 2.45) is 4.99 Å². The summed E-state index contributed by atoms with van der Waals surface area (Å²) in [5, 5.41) is 6.54. The lowest BCUT2D eigenvalue weighted by Crippen LogP contribution is -2.41. The Morgan fingerprint density at radius 2 is 1.52 bits per heavy atom. The Balaban J connectivity index is 0.00000480. The molecule has 0 aliphatic rings. The van der Waals surface area contributed by atoms with Crippen molar-refractivity contribution in [3.05, 3.63) is 42.0 Å². The van der Waals surface area contributed by atoms with Gasteiger partial charge in [-0.05, 0) is 25.1 Å². The summed E-state index contributed by atoms with van der Waals surface area (Å²) in [6.45, 7) is 3.05. The maximum Gasteiger partial charge on any atom is 0.191 e. The molecule has 2 aromatic carbocycles. The summed E-state index contributed by atoms with van der Waals surface area (Å²) in [4.78, 5) is 4.26. The molecule has 1 atom stereocenters. The second-order valence-electron chi connectivity index (χ2n) is 6.43. The molecule has 0 aliphatic heterocycles. The van der Waals surface area contributed by atoms with Gasteiger partial charge in [0.05, 0.1) is 35.0 Å². The first-order chi connectivity index (χ1) is 14.5. The van der Waals surface area contributed by atoms with Crippen LogP contribution in [0.5, 0.6) is 28.7 Å².